The summed E-state index contributed by atoms with van der Waals surface area (Å²) in [5, 5.41) is 12.5. The minimum absolute atomic E-state index is 0.109. The summed E-state index contributed by atoms with van der Waals surface area (Å²) in [4.78, 5) is 17.3. The Labute approximate surface area is 143 Å². The zero-order valence-corrected chi connectivity index (χ0v) is 14.0. The first kappa shape index (κ1) is 14.9. The third kappa shape index (κ3) is 2.78. The van der Waals surface area contributed by atoms with Gasteiger partial charge in [-0.2, -0.15) is 4.98 Å². The van der Waals surface area contributed by atoms with Crippen LogP contribution in [0.15, 0.2) is 47.8 Å². The number of anilines is 2. The lowest BCUT2D eigenvalue weighted by Crippen LogP contribution is -2.31. The molecule has 0 spiro atoms. The topological polar surface area (TPSA) is 71.8 Å². The monoisotopic (exact) mass is 339 g/mol. The molecule has 6 nitrogen and oxygen atoms in total. The maximum absolute atomic E-state index is 12.2. The molecular weight excluding hydrogens is 322 g/mol. The molecule has 3 heterocycles. The molecule has 7 heteroatoms. The summed E-state index contributed by atoms with van der Waals surface area (Å²) in [6.07, 6.45) is 0.915. The Bertz CT molecular complexity index is 843. The smallest absolute Gasteiger partial charge is 0.268 e. The number of carbonyl (C=O) groups excluding carboxylic acids is 1. The standard InChI is InChI=1S/C17H17N5OS/c1-11-10-13(12-6-3-2-4-7-12)22-17(18-11)20-16(21-22)19-15(23)14-8-5-9-24-14/h2-9,11,13H,10H2,1H3,(H2,18,19,20,21,23)/t11-,13+/m1/s1. The zero-order chi connectivity index (χ0) is 16.5. The summed E-state index contributed by atoms with van der Waals surface area (Å²) in [5.41, 5.74) is 1.19. The highest BCUT2D eigenvalue weighted by Crippen LogP contribution is 2.31. The Morgan fingerprint density at radius 2 is 2.12 bits per heavy atom. The van der Waals surface area contributed by atoms with Gasteiger partial charge in [-0.1, -0.05) is 36.4 Å². The fraction of sp³-hybridized carbons (Fsp3) is 0.235. The van der Waals surface area contributed by atoms with E-state index in [-0.39, 0.29) is 18.0 Å². The van der Waals surface area contributed by atoms with Crippen LogP contribution in [0.3, 0.4) is 0 Å². The van der Waals surface area contributed by atoms with E-state index in [4.69, 9.17) is 0 Å². The van der Waals surface area contributed by atoms with Crippen molar-refractivity contribution in [1.29, 1.82) is 0 Å². The van der Waals surface area contributed by atoms with Crippen molar-refractivity contribution >= 4 is 29.1 Å². The van der Waals surface area contributed by atoms with Gasteiger partial charge < -0.3 is 5.32 Å². The molecule has 1 aromatic carbocycles. The van der Waals surface area contributed by atoms with E-state index >= 15 is 0 Å². The van der Waals surface area contributed by atoms with Gasteiger partial charge in [-0.25, -0.2) is 4.68 Å². The Morgan fingerprint density at radius 1 is 1.29 bits per heavy atom. The first-order chi connectivity index (χ1) is 11.7. The maximum Gasteiger partial charge on any atom is 0.268 e. The van der Waals surface area contributed by atoms with E-state index in [9.17, 15) is 4.79 Å². The van der Waals surface area contributed by atoms with Crippen molar-refractivity contribution in [2.75, 3.05) is 10.6 Å². The van der Waals surface area contributed by atoms with E-state index < -0.39 is 0 Å². The predicted molar refractivity (Wildman–Crippen MR) is 94.6 cm³/mol. The van der Waals surface area contributed by atoms with Gasteiger partial charge in [-0.15, -0.1) is 16.4 Å². The normalized spacial score (nSPS) is 19.4. The van der Waals surface area contributed by atoms with E-state index in [1.165, 1.54) is 16.9 Å². The molecule has 0 bridgehead atoms. The van der Waals surface area contributed by atoms with Gasteiger partial charge in [0.05, 0.1) is 10.9 Å². The van der Waals surface area contributed by atoms with Crippen LogP contribution < -0.4 is 10.6 Å². The number of nitrogens with one attached hydrogen (secondary N) is 2. The third-order valence-electron chi connectivity index (χ3n) is 4.03. The highest BCUT2D eigenvalue weighted by molar-refractivity contribution is 7.12. The fourth-order valence-electron chi connectivity index (χ4n) is 2.93. The van der Waals surface area contributed by atoms with Crippen molar-refractivity contribution in [2.45, 2.75) is 25.4 Å². The predicted octanol–water partition coefficient (Wildman–Crippen LogP) is 3.39. The molecular formula is C17H17N5OS. The van der Waals surface area contributed by atoms with Gasteiger partial charge in [0.2, 0.25) is 5.95 Å². The number of aromatic nitrogens is 3. The molecule has 1 aliphatic rings. The first-order valence-electron chi connectivity index (χ1n) is 7.83. The van der Waals surface area contributed by atoms with Gasteiger partial charge in [0.15, 0.2) is 0 Å². The second-order valence-corrected chi connectivity index (χ2v) is 6.79. The maximum atomic E-state index is 12.2. The quantitative estimate of drug-likeness (QED) is 0.767. The van der Waals surface area contributed by atoms with E-state index in [1.54, 1.807) is 6.07 Å². The van der Waals surface area contributed by atoms with Crippen LogP contribution in [0.5, 0.6) is 0 Å². The average molecular weight is 339 g/mol. The molecule has 1 aliphatic heterocycles. The molecule has 3 aromatic rings. The molecule has 122 valence electrons. The summed E-state index contributed by atoms with van der Waals surface area (Å²) in [7, 11) is 0. The highest BCUT2D eigenvalue weighted by Gasteiger charge is 2.28. The first-order valence-corrected chi connectivity index (χ1v) is 8.71. The number of hydrogen-bond acceptors (Lipinski definition) is 5. The lowest BCUT2D eigenvalue weighted by atomic mass is 9.99. The van der Waals surface area contributed by atoms with Crippen molar-refractivity contribution in [3.05, 3.63) is 58.3 Å². The lowest BCUT2D eigenvalue weighted by molar-refractivity contribution is 0.102. The molecule has 0 saturated carbocycles. The minimum atomic E-state index is -0.183. The van der Waals surface area contributed by atoms with E-state index in [2.05, 4.69) is 39.8 Å². The van der Waals surface area contributed by atoms with Crippen LogP contribution in [0.2, 0.25) is 0 Å². The van der Waals surface area contributed by atoms with E-state index in [0.29, 0.717) is 16.8 Å². The number of thiophene rings is 1. The number of rotatable bonds is 3. The van der Waals surface area contributed by atoms with Gasteiger partial charge in [0.25, 0.3) is 11.9 Å². The van der Waals surface area contributed by atoms with Gasteiger partial charge in [-0.3, -0.25) is 10.1 Å². The van der Waals surface area contributed by atoms with Crippen LogP contribution >= 0.6 is 11.3 Å². The molecule has 4 rings (SSSR count). The number of fused-ring (bicyclic) bond motifs is 1. The van der Waals surface area contributed by atoms with E-state index in [1.807, 2.05) is 34.3 Å². The number of carbonyl (C=O) groups is 1. The van der Waals surface area contributed by atoms with Gasteiger partial charge >= 0.3 is 0 Å². The summed E-state index contributed by atoms with van der Waals surface area (Å²) in [6.45, 7) is 2.12. The second-order valence-electron chi connectivity index (χ2n) is 5.84. The van der Waals surface area contributed by atoms with Crippen LogP contribution in [0.25, 0.3) is 0 Å². The van der Waals surface area contributed by atoms with Gasteiger partial charge in [0.1, 0.15) is 0 Å². The van der Waals surface area contributed by atoms with Crippen molar-refractivity contribution in [3.63, 3.8) is 0 Å². The Morgan fingerprint density at radius 3 is 2.88 bits per heavy atom. The lowest BCUT2D eigenvalue weighted by Gasteiger charge is -2.29. The van der Waals surface area contributed by atoms with Crippen LogP contribution in [-0.2, 0) is 0 Å². The van der Waals surface area contributed by atoms with Gasteiger partial charge in [-0.05, 0) is 30.4 Å². The average Bonchev–Trinajstić information content (AvgIpc) is 3.24. The summed E-state index contributed by atoms with van der Waals surface area (Å²) in [6, 6.07) is 14.3. The molecule has 2 aromatic heterocycles. The molecule has 24 heavy (non-hydrogen) atoms. The van der Waals surface area contributed by atoms with Crippen LogP contribution in [0, 0.1) is 0 Å². The largest absolute Gasteiger partial charge is 0.352 e. The number of nitrogens with zero attached hydrogens (tertiary/aromatic N) is 3. The van der Waals surface area contributed by atoms with Crippen LogP contribution in [0.4, 0.5) is 11.9 Å². The molecule has 0 saturated heterocycles. The molecule has 1 amide bonds. The SMILES string of the molecule is C[C@@H]1C[C@@H](c2ccccc2)n2nc(NC(=O)c3cccs3)nc2N1. The van der Waals surface area contributed by atoms with Crippen molar-refractivity contribution < 1.29 is 4.79 Å². The third-order valence-corrected chi connectivity index (χ3v) is 4.90. The van der Waals surface area contributed by atoms with Crippen molar-refractivity contribution in [2.24, 2.45) is 0 Å². The highest BCUT2D eigenvalue weighted by atomic mass is 32.1. The molecule has 0 fully saturated rings. The summed E-state index contributed by atoms with van der Waals surface area (Å²) < 4.78 is 1.86. The Hall–Kier alpha value is -2.67. The van der Waals surface area contributed by atoms with Crippen LogP contribution in [-0.4, -0.2) is 26.7 Å². The minimum Gasteiger partial charge on any atom is -0.352 e. The molecule has 2 atom stereocenters. The molecule has 0 radical (unpaired) electrons. The fourth-order valence-corrected chi connectivity index (χ4v) is 3.55. The van der Waals surface area contributed by atoms with Crippen molar-refractivity contribution in [1.82, 2.24) is 14.8 Å². The summed E-state index contributed by atoms with van der Waals surface area (Å²) in [5.74, 6) is 0.826. The Kier molecular flexibility index (Phi) is 3.78. The Balaban J connectivity index is 1.63. The molecule has 2 N–H and O–H groups in total. The zero-order valence-electron chi connectivity index (χ0n) is 13.1. The number of amides is 1. The number of benzene rings is 1. The van der Waals surface area contributed by atoms with Crippen LogP contribution in [0.1, 0.15) is 34.6 Å². The molecule has 0 aliphatic carbocycles. The number of hydrogen-bond donors (Lipinski definition) is 2. The summed E-state index contributed by atoms with van der Waals surface area (Å²) >= 11 is 1.39. The van der Waals surface area contributed by atoms with Gasteiger partial charge in [0, 0.05) is 6.04 Å². The molecule has 0 unspecified atom stereocenters. The van der Waals surface area contributed by atoms with Crippen molar-refractivity contribution in [3.8, 4) is 0 Å². The van der Waals surface area contributed by atoms with E-state index in [0.717, 1.165) is 6.42 Å². The second kappa shape index (κ2) is 6.09.